The summed E-state index contributed by atoms with van der Waals surface area (Å²) in [5.41, 5.74) is 0. The molecule has 2 amide bonds. The van der Waals surface area contributed by atoms with Gasteiger partial charge in [0.05, 0.1) is 17.5 Å². The Hall–Kier alpha value is -1.97. The van der Waals surface area contributed by atoms with Gasteiger partial charge >= 0.3 is 0 Å². The van der Waals surface area contributed by atoms with Gasteiger partial charge in [-0.3, -0.25) is 14.5 Å². The zero-order chi connectivity index (χ0) is 20.7. The topological polar surface area (TPSA) is 90.0 Å². The van der Waals surface area contributed by atoms with E-state index < -0.39 is 16.1 Å². The predicted molar refractivity (Wildman–Crippen MR) is 107 cm³/mol. The molecule has 2 rings (SSSR count). The van der Waals surface area contributed by atoms with Crippen LogP contribution >= 0.6 is 0 Å². The maximum Gasteiger partial charge on any atom is 0.241 e. The van der Waals surface area contributed by atoms with Crippen LogP contribution in [-0.2, 0) is 19.6 Å². The van der Waals surface area contributed by atoms with Crippen LogP contribution in [0.15, 0.2) is 35.2 Å². The Kier molecular flexibility index (Phi) is 7.97. The summed E-state index contributed by atoms with van der Waals surface area (Å²) in [6.07, 6.45) is 0. The van der Waals surface area contributed by atoms with Crippen LogP contribution < -0.4 is 4.72 Å². The summed E-state index contributed by atoms with van der Waals surface area (Å²) in [5, 5.41) is 0. The number of rotatable bonds is 8. The minimum absolute atomic E-state index is 0.0914. The number of sulfonamides is 1. The normalized spacial score (nSPS) is 16.6. The number of hydrogen-bond acceptors (Lipinski definition) is 5. The lowest BCUT2D eigenvalue weighted by atomic mass is 10.2. The van der Waals surface area contributed by atoms with E-state index in [-0.39, 0.29) is 16.7 Å². The monoisotopic (exact) mass is 410 g/mol. The third-order valence-corrected chi connectivity index (χ3v) is 6.47. The summed E-state index contributed by atoms with van der Waals surface area (Å²) >= 11 is 0. The number of benzene rings is 1. The number of likely N-dealkylation sites (N-methyl/N-ethyl adjacent to an activating group) is 1. The Labute approximate surface area is 167 Å². The third kappa shape index (κ3) is 5.76. The standard InChI is InChI=1S/C19H30N4O4S/c1-4-22(5-2)18(24)15-21-11-13-23(14-12-21)19(25)16(3)20-28(26,27)17-9-7-6-8-10-17/h6-10,16,20H,4-5,11-15H2,1-3H3/t16-/m0/s1. The highest BCUT2D eigenvalue weighted by Gasteiger charge is 2.29. The van der Waals surface area contributed by atoms with E-state index in [1.165, 1.54) is 12.1 Å². The summed E-state index contributed by atoms with van der Waals surface area (Å²) in [5.74, 6) is -0.164. The molecule has 28 heavy (non-hydrogen) atoms. The van der Waals surface area contributed by atoms with Crippen molar-refractivity contribution in [3.8, 4) is 0 Å². The smallest absolute Gasteiger partial charge is 0.241 e. The van der Waals surface area contributed by atoms with Gasteiger partial charge in [-0.05, 0) is 32.9 Å². The largest absolute Gasteiger partial charge is 0.342 e. The van der Waals surface area contributed by atoms with Crippen LogP contribution in [0.2, 0.25) is 0 Å². The zero-order valence-electron chi connectivity index (χ0n) is 16.8. The van der Waals surface area contributed by atoms with Gasteiger partial charge in [0.15, 0.2) is 0 Å². The zero-order valence-corrected chi connectivity index (χ0v) is 17.6. The predicted octanol–water partition coefficient (Wildman–Crippen LogP) is 0.366. The van der Waals surface area contributed by atoms with Gasteiger partial charge in [0.2, 0.25) is 21.8 Å². The molecular weight excluding hydrogens is 380 g/mol. The highest BCUT2D eigenvalue weighted by molar-refractivity contribution is 7.89. The van der Waals surface area contributed by atoms with Crippen molar-refractivity contribution in [2.75, 3.05) is 45.8 Å². The van der Waals surface area contributed by atoms with E-state index in [9.17, 15) is 18.0 Å². The minimum atomic E-state index is -3.74. The molecule has 1 atom stereocenters. The number of hydrogen-bond donors (Lipinski definition) is 1. The Morgan fingerprint density at radius 3 is 2.18 bits per heavy atom. The van der Waals surface area contributed by atoms with Crippen molar-refractivity contribution < 1.29 is 18.0 Å². The Morgan fingerprint density at radius 1 is 1.07 bits per heavy atom. The molecule has 1 saturated heterocycles. The molecule has 0 radical (unpaired) electrons. The lowest BCUT2D eigenvalue weighted by molar-refractivity contribution is -0.135. The fourth-order valence-electron chi connectivity index (χ4n) is 3.22. The SMILES string of the molecule is CCN(CC)C(=O)CN1CCN(C(=O)[C@H](C)NS(=O)(=O)c2ccccc2)CC1. The molecule has 8 nitrogen and oxygen atoms in total. The Bertz CT molecular complexity index is 757. The molecular formula is C19H30N4O4S. The van der Waals surface area contributed by atoms with Gasteiger partial charge in [-0.2, -0.15) is 4.72 Å². The highest BCUT2D eigenvalue weighted by atomic mass is 32.2. The van der Waals surface area contributed by atoms with Crippen LogP contribution in [0.5, 0.6) is 0 Å². The number of piperazine rings is 1. The van der Waals surface area contributed by atoms with Gasteiger partial charge in [0.1, 0.15) is 0 Å². The number of nitrogens with one attached hydrogen (secondary N) is 1. The van der Waals surface area contributed by atoms with Gasteiger partial charge in [-0.25, -0.2) is 8.42 Å². The lowest BCUT2D eigenvalue weighted by Crippen LogP contribution is -2.55. The maximum absolute atomic E-state index is 12.6. The van der Waals surface area contributed by atoms with Crippen LogP contribution in [0, 0.1) is 0 Å². The third-order valence-electron chi connectivity index (χ3n) is 4.91. The van der Waals surface area contributed by atoms with E-state index >= 15 is 0 Å². The highest BCUT2D eigenvalue weighted by Crippen LogP contribution is 2.10. The van der Waals surface area contributed by atoms with E-state index in [1.807, 2.05) is 18.7 Å². The van der Waals surface area contributed by atoms with Gasteiger partial charge in [-0.1, -0.05) is 18.2 Å². The molecule has 0 spiro atoms. The minimum Gasteiger partial charge on any atom is -0.342 e. The van der Waals surface area contributed by atoms with Crippen molar-refractivity contribution in [3.05, 3.63) is 30.3 Å². The molecule has 1 aromatic carbocycles. The first-order valence-electron chi connectivity index (χ1n) is 9.64. The van der Waals surface area contributed by atoms with Crippen molar-refractivity contribution in [2.45, 2.75) is 31.7 Å². The Balaban J connectivity index is 1.87. The van der Waals surface area contributed by atoms with Crippen LogP contribution in [0.25, 0.3) is 0 Å². The fourth-order valence-corrected chi connectivity index (χ4v) is 4.44. The van der Waals surface area contributed by atoms with Gasteiger partial charge < -0.3 is 9.80 Å². The molecule has 0 bridgehead atoms. The summed E-state index contributed by atoms with van der Waals surface area (Å²) < 4.78 is 27.2. The molecule has 1 aliphatic heterocycles. The quantitative estimate of drug-likeness (QED) is 0.669. The number of amides is 2. The molecule has 1 aliphatic rings. The number of nitrogens with zero attached hydrogens (tertiary/aromatic N) is 3. The van der Waals surface area contributed by atoms with E-state index in [0.29, 0.717) is 45.8 Å². The van der Waals surface area contributed by atoms with Gasteiger partial charge in [-0.15, -0.1) is 0 Å². The van der Waals surface area contributed by atoms with Crippen LogP contribution in [0.4, 0.5) is 0 Å². The van der Waals surface area contributed by atoms with E-state index in [2.05, 4.69) is 4.72 Å². The van der Waals surface area contributed by atoms with Crippen molar-refractivity contribution in [3.63, 3.8) is 0 Å². The molecule has 0 aliphatic carbocycles. The second-order valence-corrected chi connectivity index (χ2v) is 8.54. The van der Waals surface area contributed by atoms with E-state index in [4.69, 9.17) is 0 Å². The van der Waals surface area contributed by atoms with E-state index in [0.717, 1.165) is 0 Å². The van der Waals surface area contributed by atoms with Crippen molar-refractivity contribution >= 4 is 21.8 Å². The summed E-state index contributed by atoms with van der Waals surface area (Å²) in [6.45, 7) is 9.32. The van der Waals surface area contributed by atoms with Crippen molar-refractivity contribution in [2.24, 2.45) is 0 Å². The van der Waals surface area contributed by atoms with Crippen LogP contribution in [0.3, 0.4) is 0 Å². The molecule has 0 saturated carbocycles. The first kappa shape index (κ1) is 22.3. The summed E-state index contributed by atoms with van der Waals surface area (Å²) in [6, 6.07) is 7.14. The van der Waals surface area contributed by atoms with Gasteiger partial charge in [0.25, 0.3) is 0 Å². The Morgan fingerprint density at radius 2 is 1.64 bits per heavy atom. The molecule has 156 valence electrons. The van der Waals surface area contributed by atoms with Crippen LogP contribution in [0.1, 0.15) is 20.8 Å². The molecule has 1 aromatic rings. The first-order chi connectivity index (χ1) is 13.3. The van der Waals surface area contributed by atoms with Gasteiger partial charge in [0, 0.05) is 39.3 Å². The molecule has 1 N–H and O–H groups in total. The van der Waals surface area contributed by atoms with Crippen molar-refractivity contribution in [1.82, 2.24) is 19.4 Å². The molecule has 0 aromatic heterocycles. The number of carbonyl (C=O) groups is 2. The second kappa shape index (κ2) is 9.99. The average Bonchev–Trinajstić information content (AvgIpc) is 2.69. The average molecular weight is 411 g/mol. The fraction of sp³-hybridized carbons (Fsp3) is 0.579. The number of carbonyl (C=O) groups excluding carboxylic acids is 2. The first-order valence-corrected chi connectivity index (χ1v) is 11.1. The molecule has 0 unspecified atom stereocenters. The van der Waals surface area contributed by atoms with Crippen LogP contribution in [-0.4, -0.2) is 86.8 Å². The molecule has 9 heteroatoms. The molecule has 1 fully saturated rings. The lowest BCUT2D eigenvalue weighted by Gasteiger charge is -2.36. The maximum atomic E-state index is 12.6. The summed E-state index contributed by atoms with van der Waals surface area (Å²) in [7, 11) is -3.74. The van der Waals surface area contributed by atoms with Crippen molar-refractivity contribution in [1.29, 1.82) is 0 Å². The molecule has 1 heterocycles. The second-order valence-electron chi connectivity index (χ2n) is 6.82. The summed E-state index contributed by atoms with van der Waals surface area (Å²) in [4.78, 5) is 30.5. The van der Waals surface area contributed by atoms with E-state index in [1.54, 1.807) is 34.9 Å².